The predicted octanol–water partition coefficient (Wildman–Crippen LogP) is 3.47. The average Bonchev–Trinajstić information content (AvgIpc) is 3.11. The first-order chi connectivity index (χ1) is 12.6. The van der Waals surface area contributed by atoms with Crippen molar-refractivity contribution >= 4 is 34.7 Å². The molecule has 2 aromatic carbocycles. The minimum Gasteiger partial charge on any atom is -0.497 e. The van der Waals surface area contributed by atoms with Crippen LogP contribution in [-0.2, 0) is 0 Å². The van der Waals surface area contributed by atoms with Crippen molar-refractivity contribution in [3.05, 3.63) is 53.2 Å². The Morgan fingerprint density at radius 2 is 1.65 bits per heavy atom. The molecule has 1 heterocycles. The number of carbonyl (C=O) groups excluding carboxylic acids is 1. The molecular formula is C17H16ClN5O3. The lowest BCUT2D eigenvalue weighted by molar-refractivity contribution is 0.102. The molecule has 134 valence electrons. The summed E-state index contributed by atoms with van der Waals surface area (Å²) in [6.07, 6.45) is 0. The van der Waals surface area contributed by atoms with Crippen LogP contribution in [0.2, 0.25) is 5.02 Å². The quantitative estimate of drug-likeness (QED) is 0.611. The number of ether oxygens (including phenoxy) is 2. The van der Waals surface area contributed by atoms with Crippen molar-refractivity contribution in [3.8, 4) is 11.5 Å². The van der Waals surface area contributed by atoms with Gasteiger partial charge in [-0.2, -0.15) is 5.21 Å². The molecule has 3 rings (SSSR count). The zero-order valence-electron chi connectivity index (χ0n) is 14.0. The van der Waals surface area contributed by atoms with E-state index >= 15 is 0 Å². The van der Waals surface area contributed by atoms with Crippen molar-refractivity contribution in [1.82, 2.24) is 15.4 Å². The summed E-state index contributed by atoms with van der Waals surface area (Å²) in [7, 11) is 3.07. The summed E-state index contributed by atoms with van der Waals surface area (Å²) < 4.78 is 10.4. The number of aromatic amines is 1. The summed E-state index contributed by atoms with van der Waals surface area (Å²) in [5, 5.41) is 16.7. The van der Waals surface area contributed by atoms with Crippen molar-refractivity contribution < 1.29 is 14.3 Å². The number of aromatic nitrogens is 3. The molecule has 0 spiro atoms. The fourth-order valence-corrected chi connectivity index (χ4v) is 2.34. The van der Waals surface area contributed by atoms with E-state index in [2.05, 4.69) is 26.0 Å². The van der Waals surface area contributed by atoms with E-state index in [1.165, 1.54) is 14.2 Å². The van der Waals surface area contributed by atoms with E-state index in [1.807, 2.05) is 0 Å². The molecule has 8 nitrogen and oxygen atoms in total. The number of carbonyl (C=O) groups is 1. The Labute approximate surface area is 154 Å². The Bertz CT molecular complexity index is 889. The molecule has 1 aromatic heterocycles. The Morgan fingerprint density at radius 3 is 2.27 bits per heavy atom. The fraction of sp³-hybridized carbons (Fsp3) is 0.118. The van der Waals surface area contributed by atoms with Gasteiger partial charge in [0.05, 0.1) is 14.2 Å². The van der Waals surface area contributed by atoms with E-state index in [1.54, 1.807) is 42.5 Å². The third-order valence-electron chi connectivity index (χ3n) is 3.48. The molecule has 0 saturated heterocycles. The van der Waals surface area contributed by atoms with E-state index in [9.17, 15) is 4.79 Å². The van der Waals surface area contributed by atoms with Gasteiger partial charge in [0.15, 0.2) is 11.5 Å². The van der Waals surface area contributed by atoms with Crippen LogP contribution in [0.1, 0.15) is 10.5 Å². The van der Waals surface area contributed by atoms with Crippen molar-refractivity contribution in [1.29, 1.82) is 0 Å². The minimum atomic E-state index is -0.439. The van der Waals surface area contributed by atoms with Crippen LogP contribution in [0.25, 0.3) is 0 Å². The number of benzene rings is 2. The molecule has 26 heavy (non-hydrogen) atoms. The lowest BCUT2D eigenvalue weighted by Crippen LogP contribution is -2.14. The largest absolute Gasteiger partial charge is 0.497 e. The van der Waals surface area contributed by atoms with Crippen LogP contribution in [0.15, 0.2) is 42.5 Å². The highest BCUT2D eigenvalue weighted by Gasteiger charge is 2.17. The summed E-state index contributed by atoms with van der Waals surface area (Å²) in [4.78, 5) is 12.6. The van der Waals surface area contributed by atoms with Gasteiger partial charge >= 0.3 is 0 Å². The predicted molar refractivity (Wildman–Crippen MR) is 98.6 cm³/mol. The van der Waals surface area contributed by atoms with Gasteiger partial charge in [0.25, 0.3) is 5.91 Å². The number of halogens is 1. The van der Waals surface area contributed by atoms with Crippen LogP contribution in [-0.4, -0.2) is 35.5 Å². The molecule has 0 radical (unpaired) electrons. The Balaban J connectivity index is 1.79. The lowest BCUT2D eigenvalue weighted by Gasteiger charge is -2.10. The molecule has 1 amide bonds. The first-order valence-corrected chi connectivity index (χ1v) is 7.94. The van der Waals surface area contributed by atoms with Crippen LogP contribution in [0.4, 0.5) is 17.2 Å². The summed E-state index contributed by atoms with van der Waals surface area (Å²) in [5.74, 6) is 0.962. The molecule has 0 unspecified atom stereocenters. The summed E-state index contributed by atoms with van der Waals surface area (Å²) in [6, 6.07) is 12.1. The molecule has 0 bridgehead atoms. The highest BCUT2D eigenvalue weighted by molar-refractivity contribution is 6.30. The first-order valence-electron chi connectivity index (χ1n) is 7.57. The van der Waals surface area contributed by atoms with Crippen molar-refractivity contribution in [2.75, 3.05) is 24.9 Å². The maximum Gasteiger partial charge on any atom is 0.280 e. The smallest absolute Gasteiger partial charge is 0.280 e. The number of nitrogens with zero attached hydrogens (tertiary/aromatic N) is 2. The van der Waals surface area contributed by atoms with E-state index in [0.717, 1.165) is 5.69 Å². The maximum atomic E-state index is 12.6. The van der Waals surface area contributed by atoms with Crippen molar-refractivity contribution in [3.63, 3.8) is 0 Å². The number of hydrogen-bond donors (Lipinski definition) is 3. The van der Waals surface area contributed by atoms with Crippen molar-refractivity contribution in [2.45, 2.75) is 0 Å². The number of anilines is 3. The highest BCUT2D eigenvalue weighted by atomic mass is 35.5. The van der Waals surface area contributed by atoms with Crippen molar-refractivity contribution in [2.24, 2.45) is 0 Å². The van der Waals surface area contributed by atoms with Gasteiger partial charge in [0.1, 0.15) is 11.5 Å². The standard InChI is InChI=1S/C17H16ClN5O3/c1-25-13-7-12(8-14(9-13)26-2)20-17(24)15-16(22-23-21-15)19-11-5-3-10(18)4-6-11/h3-9H,1-2H3,(H,20,24)(H2,19,21,22,23). The van der Waals surface area contributed by atoms with Crippen LogP contribution >= 0.6 is 11.6 Å². The number of nitrogens with one attached hydrogen (secondary N) is 3. The highest BCUT2D eigenvalue weighted by Crippen LogP contribution is 2.26. The lowest BCUT2D eigenvalue weighted by atomic mass is 10.2. The Hall–Kier alpha value is -3.26. The number of methoxy groups -OCH3 is 2. The third kappa shape index (κ3) is 4.04. The Morgan fingerprint density at radius 1 is 1.00 bits per heavy atom. The monoisotopic (exact) mass is 373 g/mol. The summed E-state index contributed by atoms with van der Waals surface area (Å²) >= 11 is 5.87. The first kappa shape index (κ1) is 17.6. The maximum absolute atomic E-state index is 12.6. The second kappa shape index (κ2) is 7.75. The molecule has 0 atom stereocenters. The van der Waals surface area contributed by atoms with Gasteiger partial charge in [-0.25, -0.2) is 0 Å². The number of hydrogen-bond acceptors (Lipinski definition) is 6. The van der Waals surface area contributed by atoms with Gasteiger partial charge in [-0.3, -0.25) is 4.79 Å². The van der Waals surface area contributed by atoms with E-state index in [-0.39, 0.29) is 5.69 Å². The van der Waals surface area contributed by atoms with E-state index in [4.69, 9.17) is 21.1 Å². The van der Waals surface area contributed by atoms with E-state index < -0.39 is 5.91 Å². The number of rotatable bonds is 6. The van der Waals surface area contributed by atoms with Gasteiger partial charge < -0.3 is 20.1 Å². The molecule has 3 aromatic rings. The van der Waals surface area contributed by atoms with Crippen LogP contribution in [0.3, 0.4) is 0 Å². The molecule has 0 fully saturated rings. The van der Waals surface area contributed by atoms with Gasteiger partial charge in [0.2, 0.25) is 0 Å². The summed E-state index contributed by atoms with van der Waals surface area (Å²) in [6.45, 7) is 0. The van der Waals surface area contributed by atoms with Gasteiger partial charge in [-0.05, 0) is 24.3 Å². The molecular weight excluding hydrogens is 358 g/mol. The molecule has 0 saturated carbocycles. The van der Waals surface area contributed by atoms with Crippen LogP contribution < -0.4 is 20.1 Å². The topological polar surface area (TPSA) is 101 Å². The molecule has 3 N–H and O–H groups in total. The zero-order chi connectivity index (χ0) is 18.5. The zero-order valence-corrected chi connectivity index (χ0v) is 14.8. The van der Waals surface area contributed by atoms with Gasteiger partial charge in [-0.15, -0.1) is 10.2 Å². The molecule has 0 aliphatic carbocycles. The SMILES string of the molecule is COc1cc(NC(=O)c2n[nH]nc2Nc2ccc(Cl)cc2)cc(OC)c1. The second-order valence-electron chi connectivity index (χ2n) is 5.21. The average molecular weight is 374 g/mol. The Kier molecular flexibility index (Phi) is 5.23. The second-order valence-corrected chi connectivity index (χ2v) is 5.64. The number of amides is 1. The van der Waals surface area contributed by atoms with Crippen LogP contribution in [0.5, 0.6) is 11.5 Å². The number of H-pyrrole nitrogens is 1. The van der Waals surface area contributed by atoms with Gasteiger partial charge in [-0.1, -0.05) is 11.6 Å². The normalized spacial score (nSPS) is 10.3. The molecule has 0 aliphatic heterocycles. The molecule has 9 heteroatoms. The van der Waals surface area contributed by atoms with E-state index in [0.29, 0.717) is 28.0 Å². The third-order valence-corrected chi connectivity index (χ3v) is 3.73. The van der Waals surface area contributed by atoms with Crippen LogP contribution in [0, 0.1) is 0 Å². The summed E-state index contributed by atoms with van der Waals surface area (Å²) in [5.41, 5.74) is 1.34. The fourth-order valence-electron chi connectivity index (χ4n) is 2.22. The molecule has 0 aliphatic rings. The van der Waals surface area contributed by atoms with Gasteiger partial charge in [0, 0.05) is 34.6 Å². The minimum absolute atomic E-state index is 0.113.